The van der Waals surface area contributed by atoms with Crippen molar-refractivity contribution in [2.75, 3.05) is 26.8 Å². The van der Waals surface area contributed by atoms with Crippen molar-refractivity contribution in [2.45, 2.75) is 26.2 Å². The minimum Gasteiger partial charge on any atom is -0.383 e. The van der Waals surface area contributed by atoms with Crippen LogP contribution < -0.4 is 5.32 Å². The van der Waals surface area contributed by atoms with Crippen LogP contribution in [0.5, 0.6) is 0 Å². The van der Waals surface area contributed by atoms with Crippen LogP contribution in [0.4, 0.5) is 0 Å². The highest BCUT2D eigenvalue weighted by molar-refractivity contribution is 7.09. The number of nitrogens with zero attached hydrogens (tertiary/aromatic N) is 1. The third-order valence-corrected chi connectivity index (χ3v) is 3.17. The van der Waals surface area contributed by atoms with E-state index in [-0.39, 0.29) is 0 Å². The number of aryl methyl sites for hydroxylation is 2. The van der Waals surface area contributed by atoms with Crippen LogP contribution in [0.25, 0.3) is 0 Å². The highest BCUT2D eigenvalue weighted by Crippen LogP contribution is 2.11. The minimum absolute atomic E-state index is 0.797. The van der Waals surface area contributed by atoms with Gasteiger partial charge in [-0.25, -0.2) is 4.98 Å². The predicted octanol–water partition coefficient (Wildman–Crippen LogP) is 2.01. The van der Waals surface area contributed by atoms with Gasteiger partial charge in [0.05, 0.1) is 11.6 Å². The Bertz CT molecular complexity index is 263. The molecule has 86 valence electrons. The molecule has 0 spiro atoms. The topological polar surface area (TPSA) is 34.1 Å². The molecule has 3 nitrogen and oxygen atoms in total. The largest absolute Gasteiger partial charge is 0.383 e. The zero-order chi connectivity index (χ0) is 10.9. The summed E-state index contributed by atoms with van der Waals surface area (Å²) in [6, 6.07) is 0. The van der Waals surface area contributed by atoms with Crippen LogP contribution in [0.2, 0.25) is 0 Å². The Morgan fingerprint density at radius 2 is 2.27 bits per heavy atom. The van der Waals surface area contributed by atoms with E-state index < -0.39 is 0 Å². The van der Waals surface area contributed by atoms with Crippen LogP contribution >= 0.6 is 11.3 Å². The summed E-state index contributed by atoms with van der Waals surface area (Å²) in [7, 11) is 1.73. The maximum atomic E-state index is 4.95. The fraction of sp³-hybridized carbons (Fsp3) is 0.727. The van der Waals surface area contributed by atoms with Gasteiger partial charge in [-0.1, -0.05) is 0 Å². The molecule has 0 fully saturated rings. The van der Waals surface area contributed by atoms with Crippen molar-refractivity contribution in [3.05, 3.63) is 16.1 Å². The fourth-order valence-electron chi connectivity index (χ4n) is 1.34. The normalized spacial score (nSPS) is 10.8. The average Bonchev–Trinajstić information content (AvgIpc) is 2.63. The van der Waals surface area contributed by atoms with E-state index in [4.69, 9.17) is 4.74 Å². The van der Waals surface area contributed by atoms with Gasteiger partial charge in [-0.3, -0.25) is 0 Å². The SMILES string of the molecule is COCCNCCCCc1nc(C)cs1. The van der Waals surface area contributed by atoms with Crippen LogP contribution in [0, 0.1) is 6.92 Å². The second kappa shape index (κ2) is 7.79. The van der Waals surface area contributed by atoms with Gasteiger partial charge in [0.1, 0.15) is 0 Å². The quantitative estimate of drug-likeness (QED) is 0.691. The average molecular weight is 228 g/mol. The summed E-state index contributed by atoms with van der Waals surface area (Å²) in [4.78, 5) is 4.44. The summed E-state index contributed by atoms with van der Waals surface area (Å²) in [5, 5.41) is 6.72. The summed E-state index contributed by atoms with van der Waals surface area (Å²) in [6.07, 6.45) is 3.54. The van der Waals surface area contributed by atoms with Crippen LogP contribution in [-0.2, 0) is 11.2 Å². The lowest BCUT2D eigenvalue weighted by Gasteiger charge is -2.02. The number of nitrogens with one attached hydrogen (secondary N) is 1. The number of thiazole rings is 1. The Labute approximate surface area is 95.9 Å². The minimum atomic E-state index is 0.797. The van der Waals surface area contributed by atoms with Crippen molar-refractivity contribution in [2.24, 2.45) is 0 Å². The molecule has 0 aromatic carbocycles. The summed E-state index contributed by atoms with van der Waals surface area (Å²) in [5.41, 5.74) is 1.15. The summed E-state index contributed by atoms with van der Waals surface area (Å²) in [5.74, 6) is 0. The van der Waals surface area contributed by atoms with Gasteiger partial charge in [0, 0.05) is 24.7 Å². The summed E-state index contributed by atoms with van der Waals surface area (Å²) < 4.78 is 4.95. The summed E-state index contributed by atoms with van der Waals surface area (Å²) in [6.45, 7) is 4.87. The molecule has 0 saturated heterocycles. The van der Waals surface area contributed by atoms with Crippen molar-refractivity contribution in [1.29, 1.82) is 0 Å². The van der Waals surface area contributed by atoms with Gasteiger partial charge in [0.2, 0.25) is 0 Å². The second-order valence-electron chi connectivity index (χ2n) is 3.58. The van der Waals surface area contributed by atoms with Crippen LogP contribution in [-0.4, -0.2) is 31.8 Å². The number of hydrogen-bond donors (Lipinski definition) is 1. The van der Waals surface area contributed by atoms with E-state index in [1.807, 2.05) is 6.92 Å². The molecule has 0 aliphatic heterocycles. The molecule has 0 aliphatic rings. The standard InChI is InChI=1S/C11H20N2OS/c1-10-9-15-11(13-10)5-3-4-6-12-7-8-14-2/h9,12H,3-8H2,1-2H3. The fourth-order valence-corrected chi connectivity index (χ4v) is 2.16. The Morgan fingerprint density at radius 1 is 1.40 bits per heavy atom. The van der Waals surface area contributed by atoms with E-state index in [0.29, 0.717) is 0 Å². The highest BCUT2D eigenvalue weighted by atomic mass is 32.1. The Balaban J connectivity index is 1.93. The molecular weight excluding hydrogens is 208 g/mol. The molecule has 4 heteroatoms. The van der Waals surface area contributed by atoms with Gasteiger partial charge in [-0.05, 0) is 32.7 Å². The number of hydrogen-bond acceptors (Lipinski definition) is 4. The monoisotopic (exact) mass is 228 g/mol. The van der Waals surface area contributed by atoms with Gasteiger partial charge in [0.25, 0.3) is 0 Å². The molecule has 0 aliphatic carbocycles. The molecule has 0 amide bonds. The lowest BCUT2D eigenvalue weighted by atomic mass is 10.2. The molecule has 1 N–H and O–H groups in total. The number of rotatable bonds is 8. The summed E-state index contributed by atoms with van der Waals surface area (Å²) >= 11 is 1.77. The van der Waals surface area contributed by atoms with Crippen molar-refractivity contribution < 1.29 is 4.74 Å². The first kappa shape index (κ1) is 12.6. The molecule has 0 radical (unpaired) electrons. The zero-order valence-electron chi connectivity index (χ0n) is 9.58. The first-order valence-corrected chi connectivity index (χ1v) is 6.31. The van der Waals surface area contributed by atoms with Gasteiger partial charge >= 0.3 is 0 Å². The number of ether oxygens (including phenoxy) is 1. The predicted molar refractivity (Wildman–Crippen MR) is 64.5 cm³/mol. The van der Waals surface area contributed by atoms with Crippen LogP contribution in [0.3, 0.4) is 0 Å². The smallest absolute Gasteiger partial charge is 0.0928 e. The lowest BCUT2D eigenvalue weighted by molar-refractivity contribution is 0.199. The van der Waals surface area contributed by atoms with Crippen LogP contribution in [0.15, 0.2) is 5.38 Å². The second-order valence-corrected chi connectivity index (χ2v) is 4.53. The molecule has 0 saturated carbocycles. The van der Waals surface area contributed by atoms with Gasteiger partial charge < -0.3 is 10.1 Å². The van der Waals surface area contributed by atoms with E-state index >= 15 is 0 Å². The number of unbranched alkanes of at least 4 members (excludes halogenated alkanes) is 1. The first-order valence-electron chi connectivity index (χ1n) is 5.43. The molecule has 0 unspecified atom stereocenters. The molecule has 1 rings (SSSR count). The number of methoxy groups -OCH3 is 1. The van der Waals surface area contributed by atoms with Gasteiger partial charge in [0.15, 0.2) is 0 Å². The zero-order valence-corrected chi connectivity index (χ0v) is 10.4. The van der Waals surface area contributed by atoms with Gasteiger partial charge in [-0.2, -0.15) is 0 Å². The first-order chi connectivity index (χ1) is 7.33. The highest BCUT2D eigenvalue weighted by Gasteiger charge is 1.97. The van der Waals surface area contributed by atoms with Crippen molar-refractivity contribution in [3.63, 3.8) is 0 Å². The third kappa shape index (κ3) is 5.87. The van der Waals surface area contributed by atoms with Crippen molar-refractivity contribution in [1.82, 2.24) is 10.3 Å². The Kier molecular flexibility index (Phi) is 6.55. The molecule has 1 aromatic rings. The molecule has 1 aromatic heterocycles. The molecule has 15 heavy (non-hydrogen) atoms. The van der Waals surface area contributed by atoms with Crippen LogP contribution in [0.1, 0.15) is 23.5 Å². The Morgan fingerprint density at radius 3 is 2.93 bits per heavy atom. The van der Waals surface area contributed by atoms with E-state index in [0.717, 1.165) is 31.8 Å². The lowest BCUT2D eigenvalue weighted by Crippen LogP contribution is -2.20. The Hall–Kier alpha value is -0.450. The maximum absolute atomic E-state index is 4.95. The van der Waals surface area contributed by atoms with Crippen molar-refractivity contribution >= 4 is 11.3 Å². The maximum Gasteiger partial charge on any atom is 0.0928 e. The molecule has 1 heterocycles. The molecule has 0 bridgehead atoms. The van der Waals surface area contributed by atoms with E-state index in [1.165, 1.54) is 17.8 Å². The number of aromatic nitrogens is 1. The van der Waals surface area contributed by atoms with Crippen molar-refractivity contribution in [3.8, 4) is 0 Å². The van der Waals surface area contributed by atoms with E-state index in [9.17, 15) is 0 Å². The van der Waals surface area contributed by atoms with E-state index in [1.54, 1.807) is 18.4 Å². The molecule has 0 atom stereocenters. The van der Waals surface area contributed by atoms with Gasteiger partial charge in [-0.15, -0.1) is 11.3 Å². The third-order valence-electron chi connectivity index (χ3n) is 2.14. The van der Waals surface area contributed by atoms with E-state index in [2.05, 4.69) is 15.7 Å². The molecular formula is C11H20N2OS.